The van der Waals surface area contributed by atoms with E-state index in [9.17, 15) is 4.79 Å². The number of carbonyl (C=O) groups is 1. The van der Waals surface area contributed by atoms with Crippen molar-refractivity contribution >= 4 is 17.9 Å². The second-order valence-corrected chi connectivity index (χ2v) is 5.65. The minimum atomic E-state index is -0.515. The number of nitrogens with zero attached hydrogens (tertiary/aromatic N) is 1. The molecule has 3 rings (SSSR count). The molecular weight excluding hydrogens is 334 g/mol. The second kappa shape index (κ2) is 7.31. The molecule has 0 saturated carbocycles. The smallest absolute Gasteiger partial charge is 0.363 e. The molecule has 2 aromatic rings. The van der Waals surface area contributed by atoms with E-state index in [0.29, 0.717) is 22.8 Å². The first-order valence-electron chi connectivity index (χ1n) is 7.95. The maximum Gasteiger partial charge on any atom is 0.363 e. The van der Waals surface area contributed by atoms with Gasteiger partial charge in [-0.05, 0) is 31.2 Å². The standard InChI is InChI=1S/C20H19NO5/c1-12-6-5-7-13(8-12)19-21-15(20(22)26-19)9-14-10-17(24-3)18(25-4)11-16(14)23-2/h5-11H,1-4H3. The van der Waals surface area contributed by atoms with Crippen molar-refractivity contribution in [2.75, 3.05) is 21.3 Å². The van der Waals surface area contributed by atoms with Crippen LogP contribution in [-0.2, 0) is 9.53 Å². The Morgan fingerprint density at radius 1 is 0.962 bits per heavy atom. The van der Waals surface area contributed by atoms with Crippen LogP contribution in [0.15, 0.2) is 47.1 Å². The van der Waals surface area contributed by atoms with Gasteiger partial charge in [-0.3, -0.25) is 0 Å². The molecule has 0 bridgehead atoms. The molecule has 0 amide bonds. The number of benzene rings is 2. The molecule has 1 aliphatic heterocycles. The number of cyclic esters (lactones) is 1. The van der Waals surface area contributed by atoms with Crippen LogP contribution in [-0.4, -0.2) is 33.2 Å². The average molecular weight is 353 g/mol. The summed E-state index contributed by atoms with van der Waals surface area (Å²) in [5.41, 5.74) is 2.62. The van der Waals surface area contributed by atoms with Crippen LogP contribution in [0.5, 0.6) is 17.2 Å². The summed E-state index contributed by atoms with van der Waals surface area (Å²) >= 11 is 0. The summed E-state index contributed by atoms with van der Waals surface area (Å²) in [5, 5.41) is 0. The van der Waals surface area contributed by atoms with Gasteiger partial charge in [-0.25, -0.2) is 9.79 Å². The number of carbonyl (C=O) groups excluding carboxylic acids is 1. The highest BCUT2D eigenvalue weighted by Crippen LogP contribution is 2.36. The van der Waals surface area contributed by atoms with E-state index < -0.39 is 5.97 Å². The molecule has 0 atom stereocenters. The maximum absolute atomic E-state index is 12.2. The lowest BCUT2D eigenvalue weighted by molar-refractivity contribution is -0.129. The Morgan fingerprint density at radius 2 is 1.65 bits per heavy atom. The average Bonchev–Trinajstić information content (AvgIpc) is 3.02. The molecule has 6 heteroatoms. The summed E-state index contributed by atoms with van der Waals surface area (Å²) < 4.78 is 21.3. The monoisotopic (exact) mass is 353 g/mol. The normalized spacial score (nSPS) is 14.8. The number of hydrogen-bond donors (Lipinski definition) is 0. The molecular formula is C20H19NO5. The Hall–Kier alpha value is -3.28. The first-order chi connectivity index (χ1) is 12.5. The maximum atomic E-state index is 12.2. The lowest BCUT2D eigenvalue weighted by atomic mass is 10.1. The summed E-state index contributed by atoms with van der Waals surface area (Å²) in [4.78, 5) is 16.6. The molecule has 0 N–H and O–H groups in total. The fourth-order valence-corrected chi connectivity index (χ4v) is 2.62. The fourth-order valence-electron chi connectivity index (χ4n) is 2.62. The third-order valence-electron chi connectivity index (χ3n) is 3.91. The van der Waals surface area contributed by atoms with Gasteiger partial charge in [0.25, 0.3) is 0 Å². The SMILES string of the molecule is COc1cc(OC)c(OC)cc1C=C1N=C(c2cccc(C)c2)OC1=O. The van der Waals surface area contributed by atoms with Crippen molar-refractivity contribution in [1.82, 2.24) is 0 Å². The minimum absolute atomic E-state index is 0.187. The Bertz CT molecular complexity index is 914. The zero-order valence-corrected chi connectivity index (χ0v) is 15.0. The zero-order valence-electron chi connectivity index (χ0n) is 15.0. The van der Waals surface area contributed by atoms with Gasteiger partial charge in [0.15, 0.2) is 17.2 Å². The van der Waals surface area contributed by atoms with E-state index in [2.05, 4.69) is 4.99 Å². The van der Waals surface area contributed by atoms with Gasteiger partial charge in [-0.15, -0.1) is 0 Å². The van der Waals surface area contributed by atoms with Crippen molar-refractivity contribution in [3.05, 3.63) is 58.8 Å². The number of aryl methyl sites for hydroxylation is 1. The Morgan fingerprint density at radius 3 is 2.31 bits per heavy atom. The number of rotatable bonds is 5. The molecule has 0 unspecified atom stereocenters. The van der Waals surface area contributed by atoms with Gasteiger partial charge in [0.2, 0.25) is 5.90 Å². The van der Waals surface area contributed by atoms with Gasteiger partial charge < -0.3 is 18.9 Å². The summed E-state index contributed by atoms with van der Waals surface area (Å²) in [6.45, 7) is 1.96. The van der Waals surface area contributed by atoms with Crippen LogP contribution in [0.25, 0.3) is 6.08 Å². The molecule has 26 heavy (non-hydrogen) atoms. The number of hydrogen-bond acceptors (Lipinski definition) is 6. The van der Waals surface area contributed by atoms with E-state index in [-0.39, 0.29) is 11.6 Å². The van der Waals surface area contributed by atoms with Crippen molar-refractivity contribution in [3.8, 4) is 17.2 Å². The van der Waals surface area contributed by atoms with E-state index in [1.807, 2.05) is 31.2 Å². The van der Waals surface area contributed by atoms with Gasteiger partial charge in [0.05, 0.1) is 21.3 Å². The van der Waals surface area contributed by atoms with Crippen molar-refractivity contribution in [2.24, 2.45) is 4.99 Å². The third kappa shape index (κ3) is 3.39. The van der Waals surface area contributed by atoms with Gasteiger partial charge in [-0.1, -0.05) is 17.7 Å². The van der Waals surface area contributed by atoms with Crippen molar-refractivity contribution in [1.29, 1.82) is 0 Å². The third-order valence-corrected chi connectivity index (χ3v) is 3.91. The Balaban J connectivity index is 2.03. The number of methoxy groups -OCH3 is 3. The molecule has 0 fully saturated rings. The fraction of sp³-hybridized carbons (Fsp3) is 0.200. The van der Waals surface area contributed by atoms with Gasteiger partial charge >= 0.3 is 5.97 Å². The van der Waals surface area contributed by atoms with E-state index in [4.69, 9.17) is 18.9 Å². The van der Waals surface area contributed by atoms with E-state index in [1.54, 1.807) is 32.4 Å². The van der Waals surface area contributed by atoms with Crippen molar-refractivity contribution < 1.29 is 23.7 Å². The van der Waals surface area contributed by atoms with Crippen molar-refractivity contribution in [3.63, 3.8) is 0 Å². The summed E-state index contributed by atoms with van der Waals surface area (Å²) in [5.74, 6) is 1.35. The largest absolute Gasteiger partial charge is 0.496 e. The van der Waals surface area contributed by atoms with Crippen LogP contribution in [0.4, 0.5) is 0 Å². The molecule has 0 spiro atoms. The Labute approximate surface area is 151 Å². The van der Waals surface area contributed by atoms with Gasteiger partial charge in [0.1, 0.15) is 5.75 Å². The summed E-state index contributed by atoms with van der Waals surface area (Å²) in [6.07, 6.45) is 1.60. The number of aliphatic imine (C=N–C) groups is 1. The van der Waals surface area contributed by atoms with Crippen LogP contribution in [0, 0.1) is 6.92 Å². The summed E-state index contributed by atoms with van der Waals surface area (Å²) in [7, 11) is 4.62. The second-order valence-electron chi connectivity index (χ2n) is 5.65. The molecule has 1 heterocycles. The lowest BCUT2D eigenvalue weighted by Crippen LogP contribution is -2.05. The van der Waals surface area contributed by atoms with Crippen LogP contribution in [0.2, 0.25) is 0 Å². The Kier molecular flexibility index (Phi) is 4.93. The first-order valence-corrected chi connectivity index (χ1v) is 7.95. The van der Waals surface area contributed by atoms with Gasteiger partial charge in [0, 0.05) is 17.2 Å². The molecule has 6 nitrogen and oxygen atoms in total. The van der Waals surface area contributed by atoms with Crippen molar-refractivity contribution in [2.45, 2.75) is 6.92 Å². The van der Waals surface area contributed by atoms with Crippen LogP contribution in [0.1, 0.15) is 16.7 Å². The molecule has 1 aliphatic rings. The summed E-state index contributed by atoms with van der Waals surface area (Å²) in [6, 6.07) is 11.0. The highest BCUT2D eigenvalue weighted by molar-refractivity contribution is 6.13. The van der Waals surface area contributed by atoms with Crippen LogP contribution < -0.4 is 14.2 Å². The quantitative estimate of drug-likeness (QED) is 0.609. The molecule has 0 aliphatic carbocycles. The van der Waals surface area contributed by atoms with Gasteiger partial charge in [-0.2, -0.15) is 0 Å². The highest BCUT2D eigenvalue weighted by atomic mass is 16.6. The first kappa shape index (κ1) is 17.5. The molecule has 0 aromatic heterocycles. The molecule has 0 saturated heterocycles. The van der Waals surface area contributed by atoms with E-state index in [0.717, 1.165) is 11.1 Å². The number of esters is 1. The number of ether oxygens (including phenoxy) is 4. The van der Waals surface area contributed by atoms with E-state index >= 15 is 0 Å². The predicted octanol–water partition coefficient (Wildman–Crippen LogP) is 3.37. The minimum Gasteiger partial charge on any atom is -0.496 e. The lowest BCUT2D eigenvalue weighted by Gasteiger charge is -2.12. The van der Waals surface area contributed by atoms with Crippen LogP contribution >= 0.6 is 0 Å². The molecule has 134 valence electrons. The highest BCUT2D eigenvalue weighted by Gasteiger charge is 2.25. The molecule has 0 radical (unpaired) electrons. The topological polar surface area (TPSA) is 66.3 Å². The van der Waals surface area contributed by atoms with Crippen LogP contribution in [0.3, 0.4) is 0 Å². The van der Waals surface area contributed by atoms with E-state index in [1.165, 1.54) is 7.11 Å². The predicted molar refractivity (Wildman–Crippen MR) is 97.9 cm³/mol. The molecule has 2 aromatic carbocycles. The zero-order chi connectivity index (χ0) is 18.7.